The number of hydrogen-bond acceptors (Lipinski definition) is 3. The van der Waals surface area contributed by atoms with Crippen molar-refractivity contribution in [3.05, 3.63) is 27.7 Å². The van der Waals surface area contributed by atoms with Crippen molar-refractivity contribution < 1.29 is 18.3 Å². The number of aromatic carboxylic acids is 1. The summed E-state index contributed by atoms with van der Waals surface area (Å²) in [5.41, 5.74) is 0.521. The lowest BCUT2D eigenvalue weighted by molar-refractivity contribution is 0.0695. The van der Waals surface area contributed by atoms with Gasteiger partial charge in [-0.15, -0.1) is 0 Å². The van der Waals surface area contributed by atoms with Crippen molar-refractivity contribution in [2.24, 2.45) is 0 Å². The molecule has 0 aliphatic heterocycles. The van der Waals surface area contributed by atoms with Crippen LogP contribution in [-0.2, 0) is 10.0 Å². The van der Waals surface area contributed by atoms with E-state index in [9.17, 15) is 18.3 Å². The minimum atomic E-state index is -3.68. The maximum Gasteiger partial charge on any atom is 0.336 e. The van der Waals surface area contributed by atoms with E-state index in [1.54, 1.807) is 14.0 Å². The Labute approximate surface area is 133 Å². The molecule has 0 radical (unpaired) electrons. The van der Waals surface area contributed by atoms with Crippen LogP contribution in [0.3, 0.4) is 0 Å². The zero-order valence-corrected chi connectivity index (χ0v) is 14.4. The van der Waals surface area contributed by atoms with Crippen molar-refractivity contribution in [1.82, 2.24) is 4.31 Å². The molecule has 0 heterocycles. The lowest BCUT2D eigenvalue weighted by Crippen LogP contribution is -2.35. The van der Waals surface area contributed by atoms with Gasteiger partial charge in [0.25, 0.3) is 0 Å². The van der Waals surface area contributed by atoms with Crippen molar-refractivity contribution in [3.8, 4) is 0 Å². The number of carbonyl (C=O) groups is 1. The summed E-state index contributed by atoms with van der Waals surface area (Å²) in [6.07, 6.45) is 3.77. The van der Waals surface area contributed by atoms with Gasteiger partial charge in [-0.25, -0.2) is 13.2 Å². The van der Waals surface area contributed by atoms with Gasteiger partial charge in [-0.3, -0.25) is 0 Å². The predicted molar refractivity (Wildman–Crippen MR) is 83.0 cm³/mol. The van der Waals surface area contributed by atoms with Crippen LogP contribution in [-0.4, -0.2) is 36.9 Å². The fourth-order valence-electron chi connectivity index (χ4n) is 2.66. The average molecular weight is 376 g/mol. The number of carboxylic acid groups (broad SMARTS) is 1. The van der Waals surface area contributed by atoms with Gasteiger partial charge in [0, 0.05) is 17.6 Å². The van der Waals surface area contributed by atoms with Gasteiger partial charge in [0.1, 0.15) is 0 Å². The Hall–Kier alpha value is -0.920. The van der Waals surface area contributed by atoms with Crippen LogP contribution in [0.5, 0.6) is 0 Å². The molecular weight excluding hydrogens is 358 g/mol. The summed E-state index contributed by atoms with van der Waals surface area (Å²) in [6.45, 7) is 1.64. The van der Waals surface area contributed by atoms with Gasteiger partial charge < -0.3 is 5.11 Å². The number of sulfonamides is 1. The van der Waals surface area contributed by atoms with Gasteiger partial charge in [0.15, 0.2) is 0 Å². The van der Waals surface area contributed by atoms with Gasteiger partial charge in [-0.05, 0) is 37.5 Å². The van der Waals surface area contributed by atoms with E-state index in [0.717, 1.165) is 25.7 Å². The van der Waals surface area contributed by atoms with E-state index in [2.05, 4.69) is 15.9 Å². The highest BCUT2D eigenvalue weighted by molar-refractivity contribution is 9.10. The maximum atomic E-state index is 12.7. The van der Waals surface area contributed by atoms with Gasteiger partial charge in [-0.1, -0.05) is 28.8 Å². The summed E-state index contributed by atoms with van der Waals surface area (Å²) in [4.78, 5) is 11.3. The van der Waals surface area contributed by atoms with Crippen molar-refractivity contribution in [3.63, 3.8) is 0 Å². The topological polar surface area (TPSA) is 74.7 Å². The first kappa shape index (κ1) is 16.5. The minimum absolute atomic E-state index is 0.00257. The first-order valence-corrected chi connectivity index (χ1v) is 9.00. The van der Waals surface area contributed by atoms with Crippen molar-refractivity contribution in [2.75, 3.05) is 7.05 Å². The van der Waals surface area contributed by atoms with Crippen LogP contribution in [0.1, 0.15) is 41.6 Å². The lowest BCUT2D eigenvalue weighted by Gasteiger charge is -2.24. The molecule has 1 aliphatic rings. The van der Waals surface area contributed by atoms with Gasteiger partial charge in [-0.2, -0.15) is 4.31 Å². The summed E-state index contributed by atoms with van der Waals surface area (Å²) in [5.74, 6) is -1.13. The molecule has 1 saturated carbocycles. The highest BCUT2D eigenvalue weighted by Crippen LogP contribution is 2.30. The molecule has 0 amide bonds. The largest absolute Gasteiger partial charge is 0.478 e. The molecule has 1 fully saturated rings. The summed E-state index contributed by atoms with van der Waals surface area (Å²) in [7, 11) is -2.11. The number of nitrogens with zero attached hydrogens (tertiary/aromatic N) is 1. The SMILES string of the molecule is Cc1c(Br)cc(S(=O)(=O)N(C)C2CCCC2)cc1C(=O)O. The zero-order chi connectivity index (χ0) is 15.8. The molecule has 1 aromatic rings. The second-order valence-electron chi connectivity index (χ2n) is 5.34. The number of halogens is 1. The Bertz CT molecular complexity index is 666. The van der Waals surface area contributed by atoms with E-state index in [4.69, 9.17) is 0 Å². The van der Waals surface area contributed by atoms with Crippen LogP contribution < -0.4 is 0 Å². The number of carboxylic acids is 1. The fourth-order valence-corrected chi connectivity index (χ4v) is 4.74. The maximum absolute atomic E-state index is 12.7. The van der Waals surface area contributed by atoms with E-state index in [1.807, 2.05) is 0 Å². The molecule has 1 aliphatic carbocycles. The molecule has 0 atom stereocenters. The van der Waals surface area contributed by atoms with Crippen molar-refractivity contribution in [2.45, 2.75) is 43.5 Å². The Kier molecular flexibility index (Phi) is 4.75. The van der Waals surface area contributed by atoms with Crippen LogP contribution in [0.4, 0.5) is 0 Å². The molecule has 0 aromatic heterocycles. The molecule has 116 valence electrons. The lowest BCUT2D eigenvalue weighted by atomic mass is 10.1. The molecule has 2 rings (SSSR count). The smallest absolute Gasteiger partial charge is 0.336 e. The predicted octanol–water partition coefficient (Wildman–Crippen LogP) is 3.02. The summed E-state index contributed by atoms with van der Waals surface area (Å²) >= 11 is 3.24. The van der Waals surface area contributed by atoms with E-state index in [0.29, 0.717) is 10.0 Å². The molecule has 0 unspecified atom stereocenters. The van der Waals surface area contributed by atoms with Crippen molar-refractivity contribution >= 4 is 31.9 Å². The summed E-state index contributed by atoms with van der Waals surface area (Å²) < 4.78 is 27.2. The van der Waals surface area contributed by atoms with E-state index in [1.165, 1.54) is 16.4 Å². The Balaban J connectivity index is 2.47. The first-order chi connectivity index (χ1) is 9.75. The van der Waals surface area contributed by atoms with Crippen LogP contribution in [0.25, 0.3) is 0 Å². The molecule has 0 bridgehead atoms. The zero-order valence-electron chi connectivity index (χ0n) is 12.0. The third kappa shape index (κ3) is 3.14. The van der Waals surface area contributed by atoms with E-state index >= 15 is 0 Å². The second-order valence-corrected chi connectivity index (χ2v) is 8.19. The highest BCUT2D eigenvalue weighted by atomic mass is 79.9. The highest BCUT2D eigenvalue weighted by Gasteiger charge is 2.31. The third-order valence-electron chi connectivity index (χ3n) is 4.06. The molecule has 5 nitrogen and oxygen atoms in total. The van der Waals surface area contributed by atoms with Crippen LogP contribution >= 0.6 is 15.9 Å². The molecule has 21 heavy (non-hydrogen) atoms. The van der Waals surface area contributed by atoms with Gasteiger partial charge >= 0.3 is 5.97 Å². The average Bonchev–Trinajstić information content (AvgIpc) is 2.94. The molecular formula is C14H18BrNO4S. The number of rotatable bonds is 4. The fraction of sp³-hybridized carbons (Fsp3) is 0.500. The monoisotopic (exact) mass is 375 g/mol. The third-order valence-corrected chi connectivity index (χ3v) is 6.78. The Morgan fingerprint density at radius 2 is 1.90 bits per heavy atom. The standard InChI is InChI=1S/C14H18BrNO4S/c1-9-12(14(17)18)7-11(8-13(9)15)21(19,20)16(2)10-5-3-4-6-10/h7-8,10H,3-6H2,1-2H3,(H,17,18). The second kappa shape index (κ2) is 6.06. The Morgan fingerprint density at radius 1 is 1.33 bits per heavy atom. The normalized spacial score (nSPS) is 16.6. The minimum Gasteiger partial charge on any atom is -0.478 e. The van der Waals surface area contributed by atoms with Crippen LogP contribution in [0.15, 0.2) is 21.5 Å². The molecule has 0 saturated heterocycles. The van der Waals surface area contributed by atoms with Gasteiger partial charge in [0.05, 0.1) is 10.5 Å². The molecule has 0 spiro atoms. The number of benzene rings is 1. The summed E-state index contributed by atoms with van der Waals surface area (Å²) in [5, 5.41) is 9.20. The van der Waals surface area contributed by atoms with E-state index < -0.39 is 16.0 Å². The molecule has 1 aromatic carbocycles. The van der Waals surface area contributed by atoms with Crippen LogP contribution in [0, 0.1) is 6.92 Å². The number of hydrogen-bond donors (Lipinski definition) is 1. The van der Waals surface area contributed by atoms with Gasteiger partial charge in [0.2, 0.25) is 10.0 Å². The van der Waals surface area contributed by atoms with Crippen LogP contribution in [0.2, 0.25) is 0 Å². The quantitative estimate of drug-likeness (QED) is 0.877. The van der Waals surface area contributed by atoms with E-state index in [-0.39, 0.29) is 16.5 Å². The first-order valence-electron chi connectivity index (χ1n) is 6.76. The summed E-state index contributed by atoms with van der Waals surface area (Å²) in [6, 6.07) is 2.72. The Morgan fingerprint density at radius 3 is 2.43 bits per heavy atom. The molecule has 7 heteroatoms. The molecule has 1 N–H and O–H groups in total. The van der Waals surface area contributed by atoms with Crippen molar-refractivity contribution in [1.29, 1.82) is 0 Å².